The lowest BCUT2D eigenvalue weighted by Crippen LogP contribution is -2.57. The van der Waals surface area contributed by atoms with Crippen LogP contribution in [-0.4, -0.2) is 89.2 Å². The van der Waals surface area contributed by atoms with Gasteiger partial charge in [-0.15, -0.1) is 0 Å². The number of carbonyl (C=O) groups excluding carboxylic acids is 3. The molecule has 39 heavy (non-hydrogen) atoms. The number of nitrogens with two attached hydrogens (primary N) is 1. The zero-order valence-electron chi connectivity index (χ0n) is 25.2. The average Bonchev–Trinajstić information content (AvgIpc) is 2.82. The molecule has 0 radical (unpaired) electrons. The van der Waals surface area contributed by atoms with Gasteiger partial charge in [0.05, 0.1) is 12.0 Å². The molecule has 1 fully saturated rings. The van der Waals surface area contributed by atoms with E-state index < -0.39 is 29.6 Å². The van der Waals surface area contributed by atoms with Crippen molar-refractivity contribution >= 4 is 23.7 Å². The maximum atomic E-state index is 14.2. The molecule has 3 N–H and O–H groups in total. The van der Waals surface area contributed by atoms with E-state index in [0.717, 1.165) is 6.42 Å². The molecular weight excluding hydrogens is 500 g/mol. The minimum absolute atomic E-state index is 0.130. The van der Waals surface area contributed by atoms with Gasteiger partial charge in [-0.2, -0.15) is 0 Å². The Morgan fingerprint density at radius 3 is 2.38 bits per heavy atom. The zero-order chi connectivity index (χ0) is 29.5. The smallest absolute Gasteiger partial charge is 0.410 e. The lowest BCUT2D eigenvalue weighted by Gasteiger charge is -2.42. The molecule has 2 heterocycles. The maximum Gasteiger partial charge on any atom is 0.410 e. The fourth-order valence-corrected chi connectivity index (χ4v) is 4.38. The van der Waals surface area contributed by atoms with Crippen molar-refractivity contribution in [2.75, 3.05) is 45.2 Å². The molecule has 0 spiro atoms. The third-order valence-corrected chi connectivity index (χ3v) is 6.25. The van der Waals surface area contributed by atoms with Crippen molar-refractivity contribution in [3.05, 3.63) is 17.6 Å². The Kier molecular flexibility index (Phi) is 11.1. The number of nitrogens with zero attached hydrogens (tertiary/aromatic N) is 4. The lowest BCUT2D eigenvalue weighted by molar-refractivity contribution is -0.124. The summed E-state index contributed by atoms with van der Waals surface area (Å²) in [4.78, 5) is 51.9. The Balaban J connectivity index is 2.47. The fourth-order valence-electron chi connectivity index (χ4n) is 4.38. The Morgan fingerprint density at radius 2 is 1.85 bits per heavy atom. The van der Waals surface area contributed by atoms with E-state index in [1.807, 2.05) is 34.6 Å². The number of rotatable bonds is 10. The SMILES string of the molecule is COCCCNc1nc(C(C)(C)C)ncc1C(=O)N(CC(C)C)[C@H]1C[C@@H](C(N)=O)CN(C(=O)OC(C)(C)C)C1. The van der Waals surface area contributed by atoms with Gasteiger partial charge in [-0.25, -0.2) is 14.8 Å². The van der Waals surface area contributed by atoms with Gasteiger partial charge in [-0.05, 0) is 39.5 Å². The molecule has 11 heteroatoms. The summed E-state index contributed by atoms with van der Waals surface area (Å²) in [7, 11) is 1.64. The summed E-state index contributed by atoms with van der Waals surface area (Å²) in [6, 6.07) is -0.442. The van der Waals surface area contributed by atoms with E-state index in [1.165, 1.54) is 4.90 Å². The number of aromatic nitrogens is 2. The normalized spacial score (nSPS) is 18.2. The standard InChI is InChI=1S/C28H48N6O5/c1-18(2)15-34(20-13-19(22(29)35)16-33(17-20)26(37)39-28(6,7)8)24(36)21-14-31-25(27(3,4)5)32-23(21)30-11-10-12-38-9/h14,18-20H,10-13,15-17H2,1-9H3,(H2,29,35)(H,30,31,32)/t19-,20+/m1/s1. The van der Waals surface area contributed by atoms with Crippen molar-refractivity contribution in [2.24, 2.45) is 17.6 Å². The van der Waals surface area contributed by atoms with Crippen molar-refractivity contribution in [1.29, 1.82) is 0 Å². The van der Waals surface area contributed by atoms with E-state index in [9.17, 15) is 14.4 Å². The van der Waals surface area contributed by atoms with Crippen molar-refractivity contribution < 1.29 is 23.9 Å². The van der Waals surface area contributed by atoms with Crippen LogP contribution in [0.15, 0.2) is 6.20 Å². The fraction of sp³-hybridized carbons (Fsp3) is 0.750. The second-order valence-corrected chi connectivity index (χ2v) is 12.7. The number of primary amides is 1. The van der Waals surface area contributed by atoms with E-state index in [4.69, 9.17) is 20.2 Å². The van der Waals surface area contributed by atoms with Gasteiger partial charge in [0.25, 0.3) is 5.91 Å². The number of carbonyl (C=O) groups is 3. The summed E-state index contributed by atoms with van der Waals surface area (Å²) in [6.45, 7) is 17.4. The Bertz CT molecular complexity index is 1000. The first-order chi connectivity index (χ1) is 18.0. The number of anilines is 1. The third-order valence-electron chi connectivity index (χ3n) is 6.25. The van der Waals surface area contributed by atoms with E-state index in [1.54, 1.807) is 39.0 Å². The Hall–Kier alpha value is -2.95. The van der Waals surface area contributed by atoms with Gasteiger partial charge in [0.2, 0.25) is 5.91 Å². The largest absolute Gasteiger partial charge is 0.444 e. The summed E-state index contributed by atoms with van der Waals surface area (Å²) in [5.74, 6) is -0.181. The van der Waals surface area contributed by atoms with Crippen LogP contribution in [0.25, 0.3) is 0 Å². The molecular formula is C28H48N6O5. The first-order valence-corrected chi connectivity index (χ1v) is 13.7. The molecule has 0 aromatic carbocycles. The molecule has 0 aliphatic carbocycles. The lowest BCUT2D eigenvalue weighted by atomic mass is 9.91. The average molecular weight is 549 g/mol. The molecule has 220 valence electrons. The number of hydrogen-bond acceptors (Lipinski definition) is 8. The molecule has 11 nitrogen and oxygen atoms in total. The quantitative estimate of drug-likeness (QED) is 0.424. The Labute approximate surface area is 233 Å². The second-order valence-electron chi connectivity index (χ2n) is 12.7. The van der Waals surface area contributed by atoms with E-state index in [-0.39, 0.29) is 30.3 Å². The van der Waals surface area contributed by atoms with Gasteiger partial charge in [0, 0.05) is 51.5 Å². The number of nitrogens with one attached hydrogen (secondary N) is 1. The molecule has 3 amide bonds. The molecule has 1 aliphatic heterocycles. The van der Waals surface area contributed by atoms with E-state index in [0.29, 0.717) is 43.3 Å². The molecule has 0 unspecified atom stereocenters. The predicted octanol–water partition coefficient (Wildman–Crippen LogP) is 3.43. The molecule has 1 aromatic heterocycles. The van der Waals surface area contributed by atoms with Crippen molar-refractivity contribution in [3.8, 4) is 0 Å². The number of amides is 3. The van der Waals surface area contributed by atoms with Gasteiger partial charge in [-0.1, -0.05) is 34.6 Å². The van der Waals surface area contributed by atoms with Gasteiger partial charge >= 0.3 is 6.09 Å². The van der Waals surface area contributed by atoms with E-state index in [2.05, 4.69) is 10.3 Å². The van der Waals surface area contributed by atoms with Crippen LogP contribution in [0.5, 0.6) is 0 Å². The van der Waals surface area contributed by atoms with Crippen LogP contribution in [0, 0.1) is 11.8 Å². The molecule has 0 bridgehead atoms. The van der Waals surface area contributed by atoms with Crippen LogP contribution in [0.3, 0.4) is 0 Å². The van der Waals surface area contributed by atoms with Crippen molar-refractivity contribution in [2.45, 2.75) is 85.3 Å². The van der Waals surface area contributed by atoms with Crippen LogP contribution in [-0.2, 0) is 19.7 Å². The van der Waals surface area contributed by atoms with Crippen LogP contribution in [0.4, 0.5) is 10.6 Å². The Morgan fingerprint density at radius 1 is 1.18 bits per heavy atom. The van der Waals surface area contributed by atoms with Crippen LogP contribution >= 0.6 is 0 Å². The first kappa shape index (κ1) is 32.3. The summed E-state index contributed by atoms with van der Waals surface area (Å²) in [5.41, 5.74) is 5.04. The summed E-state index contributed by atoms with van der Waals surface area (Å²) in [5, 5.41) is 3.30. The number of piperidine rings is 1. The summed E-state index contributed by atoms with van der Waals surface area (Å²) in [6.07, 6.45) is 2.13. The molecule has 2 atom stereocenters. The third kappa shape index (κ3) is 9.63. The monoisotopic (exact) mass is 548 g/mol. The van der Waals surface area contributed by atoms with Gasteiger partial charge in [0.1, 0.15) is 22.8 Å². The second kappa shape index (κ2) is 13.4. The number of methoxy groups -OCH3 is 1. The minimum Gasteiger partial charge on any atom is -0.444 e. The highest BCUT2D eigenvalue weighted by Gasteiger charge is 2.39. The highest BCUT2D eigenvalue weighted by atomic mass is 16.6. The predicted molar refractivity (Wildman–Crippen MR) is 150 cm³/mol. The van der Waals surface area contributed by atoms with Gasteiger partial charge in [0.15, 0.2) is 0 Å². The van der Waals surface area contributed by atoms with Crippen LogP contribution < -0.4 is 11.1 Å². The highest BCUT2D eigenvalue weighted by Crippen LogP contribution is 2.28. The minimum atomic E-state index is -0.699. The van der Waals surface area contributed by atoms with Crippen LogP contribution in [0.2, 0.25) is 0 Å². The molecule has 1 aromatic rings. The number of ether oxygens (including phenoxy) is 2. The number of hydrogen-bond donors (Lipinski definition) is 2. The topological polar surface area (TPSA) is 140 Å². The molecule has 1 saturated heterocycles. The molecule has 1 aliphatic rings. The maximum absolute atomic E-state index is 14.2. The van der Waals surface area contributed by atoms with E-state index >= 15 is 0 Å². The molecule has 0 saturated carbocycles. The zero-order valence-corrected chi connectivity index (χ0v) is 25.2. The van der Waals surface area contributed by atoms with Crippen molar-refractivity contribution in [1.82, 2.24) is 19.8 Å². The summed E-state index contributed by atoms with van der Waals surface area (Å²) >= 11 is 0. The van der Waals surface area contributed by atoms with Crippen LogP contribution in [0.1, 0.15) is 84.4 Å². The first-order valence-electron chi connectivity index (χ1n) is 13.7. The number of likely N-dealkylation sites (tertiary alicyclic amines) is 1. The highest BCUT2D eigenvalue weighted by molar-refractivity contribution is 5.98. The van der Waals surface area contributed by atoms with Gasteiger partial charge < -0.3 is 30.3 Å². The summed E-state index contributed by atoms with van der Waals surface area (Å²) < 4.78 is 10.7. The van der Waals surface area contributed by atoms with Gasteiger partial charge in [-0.3, -0.25) is 9.59 Å². The van der Waals surface area contributed by atoms with Crippen molar-refractivity contribution in [3.63, 3.8) is 0 Å². The molecule has 2 rings (SSSR count).